The van der Waals surface area contributed by atoms with E-state index in [1.165, 1.54) is 0 Å². The Morgan fingerprint density at radius 3 is 2.90 bits per heavy atom. The predicted octanol–water partition coefficient (Wildman–Crippen LogP) is 1.28. The van der Waals surface area contributed by atoms with Gasteiger partial charge in [-0.3, -0.25) is 9.48 Å². The van der Waals surface area contributed by atoms with Gasteiger partial charge in [0.15, 0.2) is 0 Å². The van der Waals surface area contributed by atoms with Crippen molar-refractivity contribution >= 4 is 5.91 Å². The molecule has 1 aliphatic rings. The Labute approximate surface area is 122 Å². The van der Waals surface area contributed by atoms with Crippen LogP contribution in [0.5, 0.6) is 0 Å². The quantitative estimate of drug-likeness (QED) is 0.921. The molecule has 0 bridgehead atoms. The summed E-state index contributed by atoms with van der Waals surface area (Å²) in [6, 6.07) is 1.53. The molecule has 0 radical (unpaired) electrons. The van der Waals surface area contributed by atoms with Crippen molar-refractivity contribution in [2.24, 2.45) is 7.05 Å². The Bertz CT molecular complexity index is 661. The van der Waals surface area contributed by atoms with Crippen molar-refractivity contribution in [2.45, 2.75) is 32.4 Å². The van der Waals surface area contributed by atoms with Crippen molar-refractivity contribution in [1.82, 2.24) is 20.3 Å². The van der Waals surface area contributed by atoms with Crippen LogP contribution in [0.4, 0.5) is 0 Å². The number of carbonyl (C=O) groups excluding carboxylic acids is 1. The van der Waals surface area contributed by atoms with E-state index in [4.69, 9.17) is 9.26 Å². The number of rotatable bonds is 3. The van der Waals surface area contributed by atoms with Gasteiger partial charge in [-0.1, -0.05) is 5.16 Å². The van der Waals surface area contributed by atoms with Crippen LogP contribution in [-0.2, 0) is 11.8 Å². The maximum atomic E-state index is 12.2. The Kier molecular flexibility index (Phi) is 3.50. The predicted molar refractivity (Wildman–Crippen MR) is 73.7 cm³/mol. The lowest BCUT2D eigenvalue weighted by atomic mass is 10.0. The van der Waals surface area contributed by atoms with Crippen molar-refractivity contribution in [1.29, 1.82) is 0 Å². The third-order valence-electron chi connectivity index (χ3n) is 3.84. The number of aryl methyl sites for hydroxylation is 2. The van der Waals surface area contributed by atoms with E-state index in [0.717, 1.165) is 17.7 Å². The lowest BCUT2D eigenvalue weighted by Gasteiger charge is -2.19. The van der Waals surface area contributed by atoms with E-state index in [1.807, 2.05) is 14.0 Å². The highest BCUT2D eigenvalue weighted by molar-refractivity contribution is 5.91. The summed E-state index contributed by atoms with van der Waals surface area (Å²) in [6.07, 6.45) is 2.38. The maximum Gasteiger partial charge on any atom is 0.290 e. The first kappa shape index (κ1) is 13.8. The first-order chi connectivity index (χ1) is 10.1. The average molecular weight is 290 g/mol. The van der Waals surface area contributed by atoms with Crippen LogP contribution in [0.1, 0.15) is 40.0 Å². The lowest BCUT2D eigenvalue weighted by molar-refractivity contribution is 0.0793. The van der Waals surface area contributed by atoms with Gasteiger partial charge >= 0.3 is 0 Å². The summed E-state index contributed by atoms with van der Waals surface area (Å²) >= 11 is 0. The molecule has 1 aliphatic heterocycles. The van der Waals surface area contributed by atoms with Gasteiger partial charge in [0.25, 0.3) is 5.91 Å². The van der Waals surface area contributed by atoms with Gasteiger partial charge in [-0.2, -0.15) is 5.10 Å². The zero-order valence-electron chi connectivity index (χ0n) is 12.3. The van der Waals surface area contributed by atoms with Crippen molar-refractivity contribution in [3.8, 4) is 0 Å². The van der Waals surface area contributed by atoms with Crippen LogP contribution in [0.2, 0.25) is 0 Å². The van der Waals surface area contributed by atoms with Gasteiger partial charge in [0.05, 0.1) is 17.9 Å². The van der Waals surface area contributed by atoms with E-state index >= 15 is 0 Å². The van der Waals surface area contributed by atoms with E-state index in [2.05, 4.69) is 15.6 Å². The van der Waals surface area contributed by atoms with E-state index in [9.17, 15) is 4.79 Å². The van der Waals surface area contributed by atoms with Gasteiger partial charge in [0.2, 0.25) is 5.76 Å². The molecule has 7 heteroatoms. The fourth-order valence-electron chi connectivity index (χ4n) is 2.55. The molecule has 3 heterocycles. The number of aromatic nitrogens is 3. The molecule has 0 aromatic carbocycles. The molecular weight excluding hydrogens is 272 g/mol. The van der Waals surface area contributed by atoms with Crippen molar-refractivity contribution < 1.29 is 14.1 Å². The summed E-state index contributed by atoms with van der Waals surface area (Å²) in [4.78, 5) is 12.2. The molecule has 7 nitrogen and oxygen atoms in total. The van der Waals surface area contributed by atoms with Crippen LogP contribution in [0.15, 0.2) is 16.8 Å². The van der Waals surface area contributed by atoms with Crippen LogP contribution in [-0.4, -0.2) is 33.5 Å². The van der Waals surface area contributed by atoms with E-state index in [-0.39, 0.29) is 23.8 Å². The fourth-order valence-corrected chi connectivity index (χ4v) is 2.55. The summed E-state index contributed by atoms with van der Waals surface area (Å²) < 4.78 is 12.6. The fraction of sp³-hybridized carbons (Fsp3) is 0.500. The van der Waals surface area contributed by atoms with E-state index in [0.29, 0.717) is 12.3 Å². The number of hydrogen-bond donors (Lipinski definition) is 1. The summed E-state index contributed by atoms with van der Waals surface area (Å²) in [7, 11) is 1.89. The number of carbonyl (C=O) groups is 1. The lowest BCUT2D eigenvalue weighted by Crippen LogP contribution is -2.36. The van der Waals surface area contributed by atoms with Gasteiger partial charge < -0.3 is 14.6 Å². The molecule has 1 saturated heterocycles. The molecule has 3 rings (SSSR count). The van der Waals surface area contributed by atoms with Gasteiger partial charge in [-0.25, -0.2) is 0 Å². The zero-order chi connectivity index (χ0) is 15.0. The molecule has 0 unspecified atom stereocenters. The first-order valence-corrected chi connectivity index (χ1v) is 6.90. The summed E-state index contributed by atoms with van der Waals surface area (Å²) in [5.74, 6) is -0.0429. The normalized spacial score (nSPS) is 21.7. The summed E-state index contributed by atoms with van der Waals surface area (Å²) in [6.45, 7) is 4.38. The molecule has 0 spiro atoms. The minimum Gasteiger partial charge on any atom is -0.371 e. The number of hydrogen-bond acceptors (Lipinski definition) is 5. The molecule has 0 aliphatic carbocycles. The van der Waals surface area contributed by atoms with Gasteiger partial charge in [-0.15, -0.1) is 0 Å². The minimum atomic E-state index is -0.266. The largest absolute Gasteiger partial charge is 0.371 e. The standard InChI is InChI=1S/C14H18N4O3/c1-8-6-12(21-17-8)14(19)16-11-4-5-20-13(11)10-7-15-18(3)9(10)2/h6-7,11,13H,4-5H2,1-3H3,(H,16,19)/t11-,13+/m0/s1. The molecule has 2 atom stereocenters. The Morgan fingerprint density at radius 2 is 2.29 bits per heavy atom. The first-order valence-electron chi connectivity index (χ1n) is 6.90. The Hall–Kier alpha value is -2.15. The molecule has 1 N–H and O–H groups in total. The molecule has 2 aromatic heterocycles. The summed E-state index contributed by atoms with van der Waals surface area (Å²) in [5, 5.41) is 10.9. The molecule has 0 saturated carbocycles. The van der Waals surface area contributed by atoms with Crippen LogP contribution in [0.3, 0.4) is 0 Å². The molecule has 2 aromatic rings. The molecule has 21 heavy (non-hydrogen) atoms. The van der Waals surface area contributed by atoms with Gasteiger partial charge in [0.1, 0.15) is 6.10 Å². The van der Waals surface area contributed by atoms with Gasteiger partial charge in [0, 0.05) is 31.0 Å². The smallest absolute Gasteiger partial charge is 0.290 e. The monoisotopic (exact) mass is 290 g/mol. The highest BCUT2D eigenvalue weighted by atomic mass is 16.5. The second kappa shape index (κ2) is 5.33. The maximum absolute atomic E-state index is 12.2. The number of nitrogens with zero attached hydrogens (tertiary/aromatic N) is 3. The molecule has 112 valence electrons. The third-order valence-corrected chi connectivity index (χ3v) is 3.84. The van der Waals surface area contributed by atoms with Crippen molar-refractivity contribution in [3.05, 3.63) is 35.0 Å². The molecular formula is C14H18N4O3. The van der Waals surface area contributed by atoms with Crippen molar-refractivity contribution in [2.75, 3.05) is 6.61 Å². The minimum absolute atomic E-state index is 0.0918. The third kappa shape index (κ3) is 2.56. The zero-order valence-corrected chi connectivity index (χ0v) is 12.3. The van der Waals surface area contributed by atoms with Crippen LogP contribution < -0.4 is 5.32 Å². The van der Waals surface area contributed by atoms with Crippen LogP contribution in [0, 0.1) is 13.8 Å². The highest BCUT2D eigenvalue weighted by Crippen LogP contribution is 2.31. The van der Waals surface area contributed by atoms with E-state index in [1.54, 1.807) is 23.9 Å². The van der Waals surface area contributed by atoms with Gasteiger partial charge in [-0.05, 0) is 20.3 Å². The van der Waals surface area contributed by atoms with E-state index < -0.39 is 0 Å². The number of nitrogens with one attached hydrogen (secondary N) is 1. The second-order valence-electron chi connectivity index (χ2n) is 5.30. The SMILES string of the molecule is Cc1cc(C(=O)N[C@H]2CCO[C@@H]2c2cnn(C)c2C)on1. The van der Waals surface area contributed by atoms with Crippen LogP contribution >= 0.6 is 0 Å². The Morgan fingerprint density at radius 1 is 1.48 bits per heavy atom. The molecule has 1 fully saturated rings. The number of amides is 1. The number of ether oxygens (including phenoxy) is 1. The summed E-state index contributed by atoms with van der Waals surface area (Å²) in [5.41, 5.74) is 2.73. The second-order valence-corrected chi connectivity index (χ2v) is 5.30. The molecule has 1 amide bonds. The average Bonchev–Trinajstić information content (AvgIpc) is 3.14. The van der Waals surface area contributed by atoms with Crippen LogP contribution in [0.25, 0.3) is 0 Å². The highest BCUT2D eigenvalue weighted by Gasteiger charge is 2.33. The van der Waals surface area contributed by atoms with Crippen molar-refractivity contribution in [3.63, 3.8) is 0 Å². The Balaban J connectivity index is 1.75. The topological polar surface area (TPSA) is 82.2 Å².